The molecule has 0 rings (SSSR count). The van der Waals surface area contributed by atoms with Gasteiger partial charge >= 0.3 is 12.1 Å². The summed E-state index contributed by atoms with van der Waals surface area (Å²) in [6.45, 7) is -0.523. The van der Waals surface area contributed by atoms with Gasteiger partial charge in [-0.05, 0) is 0 Å². The average Bonchev–Trinajstić information content (AvgIpc) is 1.82. The predicted octanol–water partition coefficient (Wildman–Crippen LogP) is -0.907. The molecule has 0 aliphatic heterocycles. The van der Waals surface area contributed by atoms with Crippen LogP contribution in [0.5, 0.6) is 0 Å². The van der Waals surface area contributed by atoms with Gasteiger partial charge in [-0.15, -0.1) is 0 Å². The van der Waals surface area contributed by atoms with Crippen molar-refractivity contribution in [2.45, 2.75) is 6.04 Å². The molecule has 0 unspecified atom stereocenters. The van der Waals surface area contributed by atoms with Crippen LogP contribution in [0.1, 0.15) is 0 Å². The summed E-state index contributed by atoms with van der Waals surface area (Å²) in [5.41, 5.74) is 4.88. The van der Waals surface area contributed by atoms with Crippen molar-refractivity contribution in [1.29, 1.82) is 0 Å². The van der Waals surface area contributed by atoms with Gasteiger partial charge in [0.1, 0.15) is 12.6 Å². The molecule has 6 heteroatoms. The van der Waals surface area contributed by atoms with Crippen molar-refractivity contribution >= 4 is 12.1 Å². The molecule has 0 amide bonds. The molecule has 0 saturated heterocycles. The highest BCUT2D eigenvalue weighted by Gasteiger charge is 2.12. The molecule has 0 aliphatic carbocycles. The predicted molar refractivity (Wildman–Crippen MR) is 29.6 cm³/mol. The summed E-state index contributed by atoms with van der Waals surface area (Å²) in [6.07, 6.45) is -1.53. The molecular weight excluding hydrogens is 142 g/mol. The van der Waals surface area contributed by atoms with Gasteiger partial charge in [0.05, 0.1) is 0 Å². The summed E-state index contributed by atoms with van der Waals surface area (Å²) < 4.78 is 3.88. The second kappa shape index (κ2) is 3.67. The van der Waals surface area contributed by atoms with Crippen LogP contribution < -0.4 is 5.73 Å². The lowest BCUT2D eigenvalue weighted by Crippen LogP contribution is -2.35. The maximum absolute atomic E-state index is 9.91. The summed E-state index contributed by atoms with van der Waals surface area (Å²) in [5.74, 6) is -1.29. The maximum atomic E-state index is 9.91. The molecule has 6 nitrogen and oxygen atoms in total. The highest BCUT2D eigenvalue weighted by atomic mass is 16.7. The Morgan fingerprint density at radius 3 is 2.30 bits per heavy atom. The Morgan fingerprint density at radius 1 is 1.50 bits per heavy atom. The number of rotatable bonds is 3. The van der Waals surface area contributed by atoms with Crippen molar-refractivity contribution in [2.75, 3.05) is 6.61 Å². The van der Waals surface area contributed by atoms with Crippen LogP contribution in [0.4, 0.5) is 4.79 Å². The fourth-order valence-electron chi connectivity index (χ4n) is 0.232. The van der Waals surface area contributed by atoms with E-state index in [1.165, 1.54) is 0 Å². The first-order chi connectivity index (χ1) is 4.54. The van der Waals surface area contributed by atoms with E-state index in [1.807, 2.05) is 0 Å². The monoisotopic (exact) mass is 149 g/mol. The van der Waals surface area contributed by atoms with E-state index in [9.17, 15) is 9.59 Å². The molecule has 0 bridgehead atoms. The lowest BCUT2D eigenvalue weighted by Gasteiger charge is -2.03. The van der Waals surface area contributed by atoms with Crippen LogP contribution >= 0.6 is 0 Å². The zero-order chi connectivity index (χ0) is 8.15. The molecule has 0 aromatic rings. The third-order valence-corrected chi connectivity index (χ3v) is 0.704. The number of carboxylic acid groups (broad SMARTS) is 2. The highest BCUT2D eigenvalue weighted by Crippen LogP contribution is 1.82. The molecule has 10 heavy (non-hydrogen) atoms. The molecule has 1 atom stereocenters. The molecular formula is C4H7NO5. The Hall–Kier alpha value is -1.30. The van der Waals surface area contributed by atoms with Crippen molar-refractivity contribution < 1.29 is 24.5 Å². The van der Waals surface area contributed by atoms with Crippen molar-refractivity contribution in [3.63, 3.8) is 0 Å². The van der Waals surface area contributed by atoms with Crippen molar-refractivity contribution in [3.8, 4) is 0 Å². The minimum absolute atomic E-state index is 0.523. The zero-order valence-corrected chi connectivity index (χ0v) is 4.98. The van der Waals surface area contributed by atoms with Gasteiger partial charge in [-0.3, -0.25) is 4.79 Å². The second-order valence-electron chi connectivity index (χ2n) is 1.52. The Labute approximate surface area is 56.2 Å². The van der Waals surface area contributed by atoms with E-state index in [-0.39, 0.29) is 0 Å². The van der Waals surface area contributed by atoms with Gasteiger partial charge in [-0.25, -0.2) is 4.79 Å². The summed E-state index contributed by atoms with van der Waals surface area (Å²) in [7, 11) is 0. The fourth-order valence-corrected chi connectivity index (χ4v) is 0.232. The molecule has 0 aliphatic rings. The van der Waals surface area contributed by atoms with E-state index in [2.05, 4.69) is 4.74 Å². The van der Waals surface area contributed by atoms with E-state index in [4.69, 9.17) is 15.9 Å². The summed E-state index contributed by atoms with van der Waals surface area (Å²) >= 11 is 0. The van der Waals surface area contributed by atoms with Crippen LogP contribution in [-0.4, -0.2) is 35.0 Å². The van der Waals surface area contributed by atoms with Crippen LogP contribution in [0.2, 0.25) is 0 Å². The first-order valence-electron chi connectivity index (χ1n) is 2.38. The zero-order valence-electron chi connectivity index (χ0n) is 4.98. The minimum atomic E-state index is -1.53. The fraction of sp³-hybridized carbons (Fsp3) is 0.500. The van der Waals surface area contributed by atoms with Gasteiger partial charge in [0.15, 0.2) is 0 Å². The molecule has 0 saturated carbocycles. The van der Waals surface area contributed by atoms with Crippen LogP contribution in [0.15, 0.2) is 0 Å². The largest absolute Gasteiger partial charge is 0.505 e. The lowest BCUT2D eigenvalue weighted by molar-refractivity contribution is -0.139. The Bertz CT molecular complexity index is 145. The van der Waals surface area contributed by atoms with Gasteiger partial charge in [-0.1, -0.05) is 0 Å². The third-order valence-electron chi connectivity index (χ3n) is 0.704. The topological polar surface area (TPSA) is 110 Å². The third kappa shape index (κ3) is 3.67. The number of aliphatic carboxylic acids is 1. The van der Waals surface area contributed by atoms with Gasteiger partial charge in [0.25, 0.3) is 0 Å². The smallest absolute Gasteiger partial charge is 0.480 e. The van der Waals surface area contributed by atoms with E-state index in [0.29, 0.717) is 0 Å². The summed E-state index contributed by atoms with van der Waals surface area (Å²) in [4.78, 5) is 19.6. The summed E-state index contributed by atoms with van der Waals surface area (Å²) in [6, 6.07) is -1.28. The number of hydrogen-bond donors (Lipinski definition) is 3. The van der Waals surface area contributed by atoms with Crippen molar-refractivity contribution in [2.24, 2.45) is 5.73 Å². The normalized spacial score (nSPS) is 12.1. The molecule has 0 spiro atoms. The molecule has 0 aromatic carbocycles. The van der Waals surface area contributed by atoms with Crippen molar-refractivity contribution in [1.82, 2.24) is 0 Å². The van der Waals surface area contributed by atoms with Crippen LogP contribution in [0.3, 0.4) is 0 Å². The Kier molecular flexibility index (Phi) is 3.20. The first kappa shape index (κ1) is 8.70. The quantitative estimate of drug-likeness (QED) is 0.448. The second-order valence-corrected chi connectivity index (χ2v) is 1.52. The first-order valence-corrected chi connectivity index (χ1v) is 2.38. The molecule has 0 heterocycles. The average molecular weight is 149 g/mol. The molecule has 0 fully saturated rings. The molecule has 0 radical (unpaired) electrons. The van der Waals surface area contributed by atoms with Gasteiger partial charge in [0.2, 0.25) is 0 Å². The minimum Gasteiger partial charge on any atom is -0.480 e. The Morgan fingerprint density at radius 2 is 2.00 bits per heavy atom. The van der Waals surface area contributed by atoms with Gasteiger partial charge in [0, 0.05) is 0 Å². The number of ether oxygens (including phenoxy) is 1. The molecule has 58 valence electrons. The van der Waals surface area contributed by atoms with E-state index in [0.717, 1.165) is 0 Å². The van der Waals surface area contributed by atoms with Gasteiger partial charge < -0.3 is 20.7 Å². The molecule has 4 N–H and O–H groups in total. The molecule has 0 aromatic heterocycles. The summed E-state index contributed by atoms with van der Waals surface area (Å²) in [5, 5.41) is 16.0. The van der Waals surface area contributed by atoms with Gasteiger partial charge in [-0.2, -0.15) is 0 Å². The SMILES string of the molecule is N[C@@H](COC(=O)O)C(=O)O. The highest BCUT2D eigenvalue weighted by molar-refractivity contribution is 5.73. The number of carboxylic acids is 1. The van der Waals surface area contributed by atoms with Crippen LogP contribution in [0.25, 0.3) is 0 Å². The van der Waals surface area contributed by atoms with E-state index >= 15 is 0 Å². The number of carbonyl (C=O) groups is 2. The standard InChI is InChI=1S/C4H7NO5/c5-2(3(6)7)1-10-4(8)9/h2H,1,5H2,(H,6,7)(H,8,9)/t2-/m0/s1. The number of nitrogens with two attached hydrogens (primary N) is 1. The van der Waals surface area contributed by atoms with Crippen molar-refractivity contribution in [3.05, 3.63) is 0 Å². The van der Waals surface area contributed by atoms with Crippen LogP contribution in [0, 0.1) is 0 Å². The number of hydrogen-bond acceptors (Lipinski definition) is 4. The Balaban J connectivity index is 3.49. The van der Waals surface area contributed by atoms with Crippen LogP contribution in [-0.2, 0) is 9.53 Å². The van der Waals surface area contributed by atoms with E-state index < -0.39 is 24.8 Å². The van der Waals surface area contributed by atoms with E-state index in [1.54, 1.807) is 0 Å². The maximum Gasteiger partial charge on any atom is 0.505 e. The lowest BCUT2D eigenvalue weighted by atomic mass is 10.3.